The van der Waals surface area contributed by atoms with E-state index in [2.05, 4.69) is 31.4 Å². The van der Waals surface area contributed by atoms with Gasteiger partial charge in [-0.3, -0.25) is 0 Å². The molecule has 0 aromatic heterocycles. The van der Waals surface area contributed by atoms with Crippen molar-refractivity contribution < 1.29 is 0 Å². The molecule has 1 fully saturated rings. The highest BCUT2D eigenvalue weighted by molar-refractivity contribution is 5.06. The molecule has 0 spiro atoms. The van der Waals surface area contributed by atoms with E-state index in [0.717, 1.165) is 0 Å². The molecule has 0 amide bonds. The molecular weight excluding hydrogens is 122 g/mol. The average Bonchev–Trinajstić information content (AvgIpc) is 2.70. The molecule has 58 valence electrons. The van der Waals surface area contributed by atoms with Gasteiger partial charge in [0.2, 0.25) is 0 Å². The van der Waals surface area contributed by atoms with Crippen LogP contribution in [0.2, 0.25) is 0 Å². The van der Waals surface area contributed by atoms with E-state index in [1.165, 1.54) is 25.7 Å². The van der Waals surface area contributed by atoms with Crippen LogP contribution in [0.15, 0.2) is 12.2 Å². The van der Waals surface area contributed by atoms with Crippen molar-refractivity contribution in [3.8, 4) is 0 Å². The van der Waals surface area contributed by atoms with E-state index in [0.29, 0.717) is 5.54 Å². The van der Waals surface area contributed by atoms with E-state index < -0.39 is 0 Å². The number of allylic oxidation sites excluding steroid dienone is 1. The van der Waals surface area contributed by atoms with E-state index >= 15 is 0 Å². The van der Waals surface area contributed by atoms with E-state index in [1.807, 2.05) is 0 Å². The molecule has 1 nitrogen and oxygen atoms in total. The van der Waals surface area contributed by atoms with Gasteiger partial charge in [0.25, 0.3) is 0 Å². The Kier molecular flexibility index (Phi) is 2.50. The highest BCUT2D eigenvalue weighted by atomic mass is 15.0. The van der Waals surface area contributed by atoms with Crippen LogP contribution in [0.1, 0.15) is 32.6 Å². The lowest BCUT2D eigenvalue weighted by Gasteiger charge is -2.09. The fourth-order valence-corrected chi connectivity index (χ4v) is 1.18. The van der Waals surface area contributed by atoms with Gasteiger partial charge in [0.1, 0.15) is 0 Å². The second kappa shape index (κ2) is 3.20. The Hall–Kier alpha value is -0.300. The average molecular weight is 139 g/mol. The smallest absolute Gasteiger partial charge is 0.0214 e. The molecule has 1 rings (SSSR count). The number of rotatable bonds is 4. The van der Waals surface area contributed by atoms with Gasteiger partial charge in [-0.2, -0.15) is 0 Å². The summed E-state index contributed by atoms with van der Waals surface area (Å²) in [6, 6.07) is 0. The van der Waals surface area contributed by atoms with Gasteiger partial charge >= 0.3 is 0 Å². The molecule has 1 heteroatoms. The van der Waals surface area contributed by atoms with Gasteiger partial charge in [0, 0.05) is 5.54 Å². The first-order valence-electron chi connectivity index (χ1n) is 4.17. The molecule has 0 atom stereocenters. The second-order valence-electron chi connectivity index (χ2n) is 3.11. The summed E-state index contributed by atoms with van der Waals surface area (Å²) in [5, 5.41) is 3.36. The Morgan fingerprint density at radius 2 is 2.10 bits per heavy atom. The molecule has 0 saturated heterocycles. The topological polar surface area (TPSA) is 12.0 Å². The summed E-state index contributed by atoms with van der Waals surface area (Å²) in [7, 11) is 2.06. The zero-order valence-corrected chi connectivity index (χ0v) is 6.98. The van der Waals surface area contributed by atoms with Crippen LogP contribution in [0, 0.1) is 0 Å². The summed E-state index contributed by atoms with van der Waals surface area (Å²) in [6.45, 7) is 2.18. The van der Waals surface area contributed by atoms with Gasteiger partial charge in [0.15, 0.2) is 0 Å². The summed E-state index contributed by atoms with van der Waals surface area (Å²) in [5.41, 5.74) is 0.506. The molecule has 0 aromatic rings. The molecule has 0 radical (unpaired) electrons. The van der Waals surface area contributed by atoms with Crippen LogP contribution < -0.4 is 5.32 Å². The Bertz CT molecular complexity index is 123. The van der Waals surface area contributed by atoms with Crippen molar-refractivity contribution in [2.45, 2.75) is 38.1 Å². The lowest BCUT2D eigenvalue weighted by molar-refractivity contribution is 0.558. The molecule has 0 bridgehead atoms. The van der Waals surface area contributed by atoms with Crippen molar-refractivity contribution in [2.75, 3.05) is 7.05 Å². The van der Waals surface area contributed by atoms with Gasteiger partial charge in [-0.1, -0.05) is 19.1 Å². The van der Waals surface area contributed by atoms with Gasteiger partial charge < -0.3 is 5.32 Å². The van der Waals surface area contributed by atoms with Crippen molar-refractivity contribution in [2.24, 2.45) is 0 Å². The molecule has 10 heavy (non-hydrogen) atoms. The molecular formula is C9H17N. The fraction of sp³-hybridized carbons (Fsp3) is 0.778. The van der Waals surface area contributed by atoms with Gasteiger partial charge in [-0.05, 0) is 32.7 Å². The molecule has 1 N–H and O–H groups in total. The number of hydrogen-bond acceptors (Lipinski definition) is 1. The largest absolute Gasteiger partial charge is 0.314 e. The van der Waals surface area contributed by atoms with Crippen LogP contribution >= 0.6 is 0 Å². The molecule has 1 saturated carbocycles. The molecule has 1 aliphatic carbocycles. The van der Waals surface area contributed by atoms with Crippen molar-refractivity contribution in [1.82, 2.24) is 5.32 Å². The minimum Gasteiger partial charge on any atom is -0.314 e. The standard InChI is InChI=1S/C9H17N/c1-3-4-5-6-9(10-2)7-8-9/h4-5,10H,3,6-8H2,1-2H3/b5-4+. The van der Waals surface area contributed by atoms with E-state index in [-0.39, 0.29) is 0 Å². The summed E-state index contributed by atoms with van der Waals surface area (Å²) in [6.07, 6.45) is 9.65. The van der Waals surface area contributed by atoms with Crippen LogP contribution in [0.4, 0.5) is 0 Å². The fourth-order valence-electron chi connectivity index (χ4n) is 1.18. The Labute approximate surface area is 63.5 Å². The van der Waals surface area contributed by atoms with Crippen molar-refractivity contribution in [3.63, 3.8) is 0 Å². The normalized spacial score (nSPS) is 21.8. The Balaban J connectivity index is 2.18. The third-order valence-electron chi connectivity index (χ3n) is 2.29. The van der Waals surface area contributed by atoms with Gasteiger partial charge in [-0.25, -0.2) is 0 Å². The maximum absolute atomic E-state index is 3.36. The number of hydrogen-bond donors (Lipinski definition) is 1. The van der Waals surface area contributed by atoms with E-state index in [4.69, 9.17) is 0 Å². The monoisotopic (exact) mass is 139 g/mol. The summed E-state index contributed by atoms with van der Waals surface area (Å²) in [4.78, 5) is 0. The van der Waals surface area contributed by atoms with Crippen molar-refractivity contribution in [1.29, 1.82) is 0 Å². The SMILES string of the molecule is CC/C=C/CC1(NC)CC1. The van der Waals surface area contributed by atoms with Crippen LogP contribution in [-0.4, -0.2) is 12.6 Å². The minimum atomic E-state index is 0.506. The predicted molar refractivity (Wildman–Crippen MR) is 45.1 cm³/mol. The highest BCUT2D eigenvalue weighted by Gasteiger charge is 2.39. The highest BCUT2D eigenvalue weighted by Crippen LogP contribution is 2.38. The molecule has 0 heterocycles. The van der Waals surface area contributed by atoms with Crippen LogP contribution in [0.25, 0.3) is 0 Å². The lowest BCUT2D eigenvalue weighted by atomic mass is 10.1. The van der Waals surface area contributed by atoms with Crippen LogP contribution in [0.3, 0.4) is 0 Å². The minimum absolute atomic E-state index is 0.506. The first-order chi connectivity index (χ1) is 4.83. The van der Waals surface area contributed by atoms with E-state index in [9.17, 15) is 0 Å². The third-order valence-corrected chi connectivity index (χ3v) is 2.29. The lowest BCUT2D eigenvalue weighted by Crippen LogP contribution is -2.25. The predicted octanol–water partition coefficient (Wildman–Crippen LogP) is 2.09. The molecule has 0 aliphatic heterocycles. The van der Waals surface area contributed by atoms with Crippen LogP contribution in [-0.2, 0) is 0 Å². The van der Waals surface area contributed by atoms with E-state index in [1.54, 1.807) is 0 Å². The molecule has 1 aliphatic rings. The van der Waals surface area contributed by atoms with Crippen molar-refractivity contribution >= 4 is 0 Å². The first kappa shape index (κ1) is 7.80. The van der Waals surface area contributed by atoms with Crippen LogP contribution in [0.5, 0.6) is 0 Å². The number of nitrogens with one attached hydrogen (secondary N) is 1. The summed E-state index contributed by atoms with van der Waals surface area (Å²) in [5.74, 6) is 0. The summed E-state index contributed by atoms with van der Waals surface area (Å²) < 4.78 is 0. The molecule has 0 aromatic carbocycles. The Morgan fingerprint density at radius 3 is 2.50 bits per heavy atom. The maximum Gasteiger partial charge on any atom is 0.0214 e. The zero-order valence-electron chi connectivity index (χ0n) is 6.98. The molecule has 0 unspecified atom stereocenters. The van der Waals surface area contributed by atoms with Gasteiger partial charge in [0.05, 0.1) is 0 Å². The van der Waals surface area contributed by atoms with Gasteiger partial charge in [-0.15, -0.1) is 0 Å². The third kappa shape index (κ3) is 1.84. The summed E-state index contributed by atoms with van der Waals surface area (Å²) >= 11 is 0. The zero-order chi connectivity index (χ0) is 7.45. The quantitative estimate of drug-likeness (QED) is 0.588. The first-order valence-corrected chi connectivity index (χ1v) is 4.17. The Morgan fingerprint density at radius 1 is 1.40 bits per heavy atom. The second-order valence-corrected chi connectivity index (χ2v) is 3.11. The van der Waals surface area contributed by atoms with Crippen molar-refractivity contribution in [3.05, 3.63) is 12.2 Å². The maximum atomic E-state index is 3.36.